The zero-order chi connectivity index (χ0) is 24.8. The Morgan fingerprint density at radius 1 is 0.487 bits per heavy atom. The van der Waals surface area contributed by atoms with Crippen molar-refractivity contribution in [1.82, 2.24) is 0 Å². The first-order valence-electron chi connectivity index (χ1n) is 13.1. The van der Waals surface area contributed by atoms with Gasteiger partial charge in [0.05, 0.1) is 0 Å². The Balaban J connectivity index is 0.00000154. The number of rotatable bonds is 4. The SMILES string of the molecule is CC1=Cc2ccccc2[CH]1[Zr](=[C](c1ccccc1)c1ccccc1)[CH]1c2ccccc2-c2ccccc21.Cl.Cl. The average Bonchev–Trinajstić information content (AvgIpc) is 3.47. The Morgan fingerprint density at radius 3 is 1.46 bits per heavy atom. The molecule has 5 aromatic rings. The third kappa shape index (κ3) is 4.76. The molecule has 2 aliphatic rings. The monoisotopic (exact) mass is 622 g/mol. The van der Waals surface area contributed by atoms with Gasteiger partial charge in [0.2, 0.25) is 0 Å². The summed E-state index contributed by atoms with van der Waals surface area (Å²) in [6, 6.07) is 50.0. The first-order chi connectivity index (χ1) is 18.3. The molecule has 39 heavy (non-hydrogen) atoms. The van der Waals surface area contributed by atoms with Crippen LogP contribution >= 0.6 is 24.8 Å². The summed E-state index contributed by atoms with van der Waals surface area (Å²) in [5.74, 6) is 0. The van der Waals surface area contributed by atoms with E-state index >= 15 is 0 Å². The average molecular weight is 625 g/mol. The zero-order valence-corrected chi connectivity index (χ0v) is 25.8. The van der Waals surface area contributed by atoms with E-state index in [2.05, 4.69) is 146 Å². The Bertz CT molecular complexity index is 1600. The van der Waals surface area contributed by atoms with Gasteiger partial charge in [-0.1, -0.05) is 0 Å². The van der Waals surface area contributed by atoms with E-state index in [1.165, 1.54) is 50.1 Å². The molecule has 0 spiro atoms. The van der Waals surface area contributed by atoms with Gasteiger partial charge in [-0.15, -0.1) is 24.8 Å². The fraction of sp³-hybridized carbons (Fsp3) is 0.0833. The Labute approximate surface area is 251 Å². The molecule has 2 aliphatic carbocycles. The van der Waals surface area contributed by atoms with E-state index in [1.54, 1.807) is 3.21 Å². The molecule has 0 amide bonds. The molecule has 1 atom stereocenters. The van der Waals surface area contributed by atoms with E-state index < -0.39 is 21.3 Å². The maximum atomic E-state index is 2.46. The van der Waals surface area contributed by atoms with Gasteiger partial charge < -0.3 is 0 Å². The van der Waals surface area contributed by atoms with Gasteiger partial charge in [0.15, 0.2) is 0 Å². The molecule has 0 nitrogen and oxygen atoms in total. The van der Waals surface area contributed by atoms with Gasteiger partial charge in [0.1, 0.15) is 0 Å². The summed E-state index contributed by atoms with van der Waals surface area (Å²) in [6.45, 7) is 2.38. The topological polar surface area (TPSA) is 0 Å². The predicted octanol–water partition coefficient (Wildman–Crippen LogP) is 9.65. The molecule has 0 bridgehead atoms. The van der Waals surface area contributed by atoms with Crippen LogP contribution in [-0.4, -0.2) is 3.21 Å². The standard InChI is InChI=1S/C13H9.C13H10.C10H9.2ClH.Zr/c1-3-7-12-10(5-1)9-11-6-2-4-8-13(11)12;1-3-7-12(8-4-1)11-13-9-5-2-6-10-13;1-8-6-9-4-2-3-5-10(9)7-8;;;/h1-9H;1-10H;2-7H,1H3;2*1H;. The van der Waals surface area contributed by atoms with E-state index in [4.69, 9.17) is 0 Å². The molecule has 3 heteroatoms. The van der Waals surface area contributed by atoms with Crippen LogP contribution < -0.4 is 0 Å². The molecular weight excluding hydrogens is 595 g/mol. The van der Waals surface area contributed by atoms with E-state index in [9.17, 15) is 0 Å². The number of hydrogen-bond donors (Lipinski definition) is 0. The normalized spacial score (nSPS) is 14.7. The van der Waals surface area contributed by atoms with Crippen molar-refractivity contribution in [3.63, 3.8) is 0 Å². The first kappa shape index (κ1) is 27.7. The molecule has 0 radical (unpaired) electrons. The molecule has 1 unspecified atom stereocenters. The smallest absolute Gasteiger partial charge is 0.147 e. The molecule has 0 aliphatic heterocycles. The largest absolute Gasteiger partial charge is 0.147 e. The number of halogens is 2. The summed E-state index contributed by atoms with van der Waals surface area (Å²) >= 11 is -2.68. The van der Waals surface area contributed by atoms with Crippen molar-refractivity contribution in [2.75, 3.05) is 0 Å². The minimum atomic E-state index is -2.68. The minimum absolute atomic E-state index is 0. The Hall–Kier alpha value is -2.83. The quantitative estimate of drug-likeness (QED) is 0.187. The summed E-state index contributed by atoms with van der Waals surface area (Å²) < 4.78 is 2.55. The van der Waals surface area contributed by atoms with Gasteiger partial charge in [0.25, 0.3) is 0 Å². The van der Waals surface area contributed by atoms with Crippen molar-refractivity contribution in [3.05, 3.63) is 172 Å². The van der Waals surface area contributed by atoms with E-state index in [0.717, 1.165) is 0 Å². The maximum Gasteiger partial charge on any atom is -0.147 e. The van der Waals surface area contributed by atoms with Gasteiger partial charge in [-0.25, -0.2) is 0 Å². The van der Waals surface area contributed by atoms with Gasteiger partial charge in [-0.2, -0.15) is 0 Å². The number of allylic oxidation sites excluding steroid dienone is 1. The molecule has 0 fully saturated rings. The van der Waals surface area contributed by atoms with Crippen molar-refractivity contribution in [3.8, 4) is 11.1 Å². The number of hydrogen-bond acceptors (Lipinski definition) is 0. The summed E-state index contributed by atoms with van der Waals surface area (Å²) in [4.78, 5) is 0. The summed E-state index contributed by atoms with van der Waals surface area (Å²) in [5.41, 5.74) is 13.2. The van der Waals surface area contributed by atoms with Crippen molar-refractivity contribution < 1.29 is 21.3 Å². The molecule has 5 aromatic carbocycles. The van der Waals surface area contributed by atoms with E-state index in [-0.39, 0.29) is 24.8 Å². The van der Waals surface area contributed by atoms with Crippen LogP contribution in [0.25, 0.3) is 17.2 Å². The van der Waals surface area contributed by atoms with Gasteiger partial charge >= 0.3 is 228 Å². The van der Waals surface area contributed by atoms with Crippen LogP contribution in [0.3, 0.4) is 0 Å². The summed E-state index contributed by atoms with van der Waals surface area (Å²) in [6.07, 6.45) is 2.46. The van der Waals surface area contributed by atoms with Crippen molar-refractivity contribution in [1.29, 1.82) is 0 Å². The zero-order valence-electron chi connectivity index (χ0n) is 21.8. The molecule has 192 valence electrons. The second-order valence-electron chi connectivity index (χ2n) is 10.1. The number of fused-ring (bicyclic) bond motifs is 4. The fourth-order valence-electron chi connectivity index (χ4n) is 6.55. The van der Waals surface area contributed by atoms with Crippen LogP contribution in [-0.2, 0) is 21.3 Å². The van der Waals surface area contributed by atoms with Crippen molar-refractivity contribution in [2.45, 2.75) is 14.2 Å². The van der Waals surface area contributed by atoms with Crippen LogP contribution in [0.15, 0.2) is 139 Å². The van der Waals surface area contributed by atoms with Gasteiger partial charge in [-0.05, 0) is 0 Å². The fourth-order valence-corrected chi connectivity index (χ4v) is 17.0. The van der Waals surface area contributed by atoms with Gasteiger partial charge in [-0.3, -0.25) is 0 Å². The first-order valence-corrected chi connectivity index (χ1v) is 17.2. The predicted molar refractivity (Wildman–Crippen MR) is 167 cm³/mol. The van der Waals surface area contributed by atoms with Gasteiger partial charge in [0, 0.05) is 0 Å². The molecule has 7 rings (SSSR count). The van der Waals surface area contributed by atoms with Crippen LogP contribution in [0.2, 0.25) is 0 Å². The molecule has 0 aromatic heterocycles. The third-order valence-electron chi connectivity index (χ3n) is 8.01. The molecule has 0 heterocycles. The second-order valence-corrected chi connectivity index (χ2v) is 16.4. The summed E-state index contributed by atoms with van der Waals surface area (Å²) in [7, 11) is 0. The van der Waals surface area contributed by atoms with E-state index in [1.807, 2.05) is 0 Å². The molecule has 0 saturated carbocycles. The van der Waals surface area contributed by atoms with E-state index in [0.29, 0.717) is 7.25 Å². The molecule has 0 saturated heterocycles. The van der Waals surface area contributed by atoms with Crippen LogP contribution in [0, 0.1) is 0 Å². The number of benzene rings is 5. The minimum Gasteiger partial charge on any atom is -0.147 e. The van der Waals surface area contributed by atoms with Crippen molar-refractivity contribution in [2.24, 2.45) is 0 Å². The Kier molecular flexibility index (Phi) is 8.34. The van der Waals surface area contributed by atoms with Crippen LogP contribution in [0.4, 0.5) is 0 Å². The molecular formula is C36H30Cl2Zr. The Morgan fingerprint density at radius 2 is 0.923 bits per heavy atom. The summed E-state index contributed by atoms with van der Waals surface area (Å²) in [5, 5.41) is 0. The maximum absolute atomic E-state index is 2.68. The van der Waals surface area contributed by atoms with Crippen LogP contribution in [0.5, 0.6) is 0 Å². The van der Waals surface area contributed by atoms with Crippen LogP contribution in [0.1, 0.15) is 47.6 Å². The second kappa shape index (κ2) is 11.7. The molecule has 0 N–H and O–H groups in total. The third-order valence-corrected chi connectivity index (χ3v) is 17.3. The van der Waals surface area contributed by atoms with Crippen molar-refractivity contribution >= 4 is 34.1 Å².